The smallest absolute Gasteiger partial charge is 0.275 e. The Hall–Kier alpha value is -3.78. The van der Waals surface area contributed by atoms with Gasteiger partial charge >= 0.3 is 0 Å². The summed E-state index contributed by atoms with van der Waals surface area (Å²) >= 11 is 0. The van der Waals surface area contributed by atoms with Gasteiger partial charge in [-0.3, -0.25) is 9.48 Å². The van der Waals surface area contributed by atoms with Crippen LogP contribution in [0.1, 0.15) is 47.5 Å². The number of halogens is 1. The summed E-state index contributed by atoms with van der Waals surface area (Å²) < 4.78 is 19.8. The Morgan fingerprint density at radius 1 is 1.11 bits per heavy atom. The van der Waals surface area contributed by atoms with Crippen LogP contribution >= 0.6 is 0 Å². The van der Waals surface area contributed by atoms with Crippen LogP contribution < -0.4 is 5.73 Å². The first-order valence-electron chi connectivity index (χ1n) is 13.0. The van der Waals surface area contributed by atoms with Gasteiger partial charge in [0.2, 0.25) is 0 Å². The molecule has 3 atom stereocenters. The largest absolute Gasteiger partial charge is 0.330 e. The molecule has 3 heterocycles. The van der Waals surface area contributed by atoms with E-state index < -0.39 is 23.5 Å². The standard InChI is InChI=1S/C30H35FN6O/c1-20-15-24(34-35(20)4)29(38)37-18-23(16-32)26(31)30(2,3)27(37)28-33-25(22-13-9-6-10-14-22)19-36(28)17-21-11-7-5-8-12-21/h5-15,19,23,26-27H,16-18,32H2,1-4H3/t23-,26?,27-/m0/s1. The number of imidazole rings is 1. The quantitative estimate of drug-likeness (QED) is 0.402. The molecule has 5 rings (SSSR count). The van der Waals surface area contributed by atoms with Crippen LogP contribution in [0.3, 0.4) is 0 Å². The number of carbonyl (C=O) groups excluding carboxylic acids is 1. The van der Waals surface area contributed by atoms with E-state index in [-0.39, 0.29) is 19.0 Å². The van der Waals surface area contributed by atoms with Crippen LogP contribution in [0.4, 0.5) is 4.39 Å². The third-order valence-electron chi connectivity index (χ3n) is 7.79. The summed E-state index contributed by atoms with van der Waals surface area (Å²) in [5.74, 6) is -0.0781. The van der Waals surface area contributed by atoms with E-state index in [0.717, 1.165) is 22.5 Å². The first-order chi connectivity index (χ1) is 18.2. The van der Waals surface area contributed by atoms with Crippen LogP contribution in [0.25, 0.3) is 11.3 Å². The van der Waals surface area contributed by atoms with E-state index in [4.69, 9.17) is 10.7 Å². The van der Waals surface area contributed by atoms with E-state index in [1.165, 1.54) is 0 Å². The number of nitrogens with zero attached hydrogens (tertiary/aromatic N) is 5. The normalized spacial score (nSPS) is 21.0. The van der Waals surface area contributed by atoms with Gasteiger partial charge in [-0.25, -0.2) is 9.37 Å². The van der Waals surface area contributed by atoms with Crippen LogP contribution in [-0.4, -0.2) is 49.4 Å². The molecule has 7 nitrogen and oxygen atoms in total. The molecule has 1 fully saturated rings. The second kappa shape index (κ2) is 10.2. The Morgan fingerprint density at radius 2 is 1.76 bits per heavy atom. The molecule has 0 aliphatic carbocycles. The number of aromatic nitrogens is 4. The van der Waals surface area contributed by atoms with Crippen molar-refractivity contribution < 1.29 is 9.18 Å². The van der Waals surface area contributed by atoms with E-state index in [1.54, 1.807) is 15.6 Å². The molecule has 0 bridgehead atoms. The minimum atomic E-state index is -1.21. The number of amides is 1. The predicted octanol–water partition coefficient (Wildman–Crippen LogP) is 4.78. The van der Waals surface area contributed by atoms with Crippen molar-refractivity contribution in [2.45, 2.75) is 39.5 Å². The van der Waals surface area contributed by atoms with Crippen LogP contribution in [-0.2, 0) is 13.6 Å². The van der Waals surface area contributed by atoms with Gasteiger partial charge in [0.1, 0.15) is 12.0 Å². The molecule has 1 amide bonds. The fraction of sp³-hybridized carbons (Fsp3) is 0.367. The average molecular weight is 515 g/mol. The zero-order valence-corrected chi connectivity index (χ0v) is 22.4. The third kappa shape index (κ3) is 4.65. The molecule has 4 aromatic rings. The molecule has 1 aliphatic heterocycles. The Labute approximate surface area is 223 Å². The molecule has 2 aromatic carbocycles. The van der Waals surface area contributed by atoms with Gasteiger partial charge in [0.15, 0.2) is 5.69 Å². The van der Waals surface area contributed by atoms with Crippen molar-refractivity contribution in [2.75, 3.05) is 13.1 Å². The molecule has 1 unspecified atom stereocenters. The van der Waals surface area contributed by atoms with Crippen LogP contribution in [0.15, 0.2) is 72.9 Å². The van der Waals surface area contributed by atoms with Gasteiger partial charge in [0, 0.05) is 48.9 Å². The molecule has 0 radical (unpaired) electrons. The number of piperidine rings is 1. The Morgan fingerprint density at radius 3 is 2.37 bits per heavy atom. The number of hydrogen-bond acceptors (Lipinski definition) is 4. The molecule has 198 valence electrons. The molecule has 8 heteroatoms. The van der Waals surface area contributed by atoms with Crippen LogP contribution in [0.5, 0.6) is 0 Å². The maximum absolute atomic E-state index is 16.1. The Bertz CT molecular complexity index is 1390. The average Bonchev–Trinajstić information content (AvgIpc) is 3.48. The summed E-state index contributed by atoms with van der Waals surface area (Å²) in [5, 5.41) is 4.45. The number of alkyl halides is 1. The predicted molar refractivity (Wildman–Crippen MR) is 146 cm³/mol. The summed E-state index contributed by atoms with van der Waals surface area (Å²) in [6.45, 7) is 6.54. The molecule has 2 N–H and O–H groups in total. The molecule has 1 aliphatic rings. The van der Waals surface area contributed by atoms with E-state index in [2.05, 4.69) is 21.8 Å². The highest BCUT2D eigenvalue weighted by atomic mass is 19.1. The van der Waals surface area contributed by atoms with Gasteiger partial charge in [0.25, 0.3) is 5.91 Å². The van der Waals surface area contributed by atoms with Gasteiger partial charge in [-0.05, 0) is 25.1 Å². The van der Waals surface area contributed by atoms with Gasteiger partial charge in [0.05, 0.1) is 11.7 Å². The van der Waals surface area contributed by atoms with Crippen molar-refractivity contribution in [3.05, 3.63) is 95.7 Å². The molecule has 2 aromatic heterocycles. The molecule has 0 spiro atoms. The Balaban J connectivity index is 1.67. The van der Waals surface area contributed by atoms with Crippen molar-refractivity contribution in [1.29, 1.82) is 0 Å². The van der Waals surface area contributed by atoms with Gasteiger partial charge in [-0.2, -0.15) is 5.10 Å². The van der Waals surface area contributed by atoms with E-state index in [1.807, 2.05) is 82.5 Å². The number of likely N-dealkylation sites (tertiary alicyclic amines) is 1. The summed E-state index contributed by atoms with van der Waals surface area (Å²) in [5.41, 5.74) is 9.12. The van der Waals surface area contributed by atoms with Crippen molar-refractivity contribution in [3.8, 4) is 11.3 Å². The highest BCUT2D eigenvalue weighted by Crippen LogP contribution is 2.49. The van der Waals surface area contributed by atoms with E-state index in [9.17, 15) is 4.79 Å². The Kier molecular flexibility index (Phi) is 6.92. The molecular weight excluding hydrogens is 479 g/mol. The topological polar surface area (TPSA) is 82.0 Å². The fourth-order valence-electron chi connectivity index (χ4n) is 5.59. The second-order valence-electron chi connectivity index (χ2n) is 10.8. The summed E-state index contributed by atoms with van der Waals surface area (Å²) in [7, 11) is 1.81. The maximum Gasteiger partial charge on any atom is 0.275 e. The van der Waals surface area contributed by atoms with E-state index in [0.29, 0.717) is 18.1 Å². The lowest BCUT2D eigenvalue weighted by atomic mass is 9.70. The number of benzene rings is 2. The van der Waals surface area contributed by atoms with Crippen LogP contribution in [0, 0.1) is 18.3 Å². The van der Waals surface area contributed by atoms with Gasteiger partial charge < -0.3 is 15.2 Å². The number of aryl methyl sites for hydroxylation is 2. The number of hydrogen-bond donors (Lipinski definition) is 1. The number of nitrogens with two attached hydrogens (primary N) is 1. The van der Waals surface area contributed by atoms with Crippen LogP contribution in [0.2, 0.25) is 0 Å². The maximum atomic E-state index is 16.1. The van der Waals surface area contributed by atoms with Crippen molar-refractivity contribution in [3.63, 3.8) is 0 Å². The molecular formula is C30H35FN6O. The zero-order valence-electron chi connectivity index (χ0n) is 22.4. The molecule has 0 saturated carbocycles. The second-order valence-corrected chi connectivity index (χ2v) is 10.8. The van der Waals surface area contributed by atoms with E-state index >= 15 is 4.39 Å². The van der Waals surface area contributed by atoms with Crippen molar-refractivity contribution in [2.24, 2.45) is 24.1 Å². The highest BCUT2D eigenvalue weighted by molar-refractivity contribution is 5.93. The fourth-order valence-corrected chi connectivity index (χ4v) is 5.59. The highest BCUT2D eigenvalue weighted by Gasteiger charge is 2.53. The lowest BCUT2D eigenvalue weighted by Crippen LogP contribution is -2.58. The lowest BCUT2D eigenvalue weighted by molar-refractivity contribution is -0.0563. The summed E-state index contributed by atoms with van der Waals surface area (Å²) in [6.07, 6.45) is 0.790. The minimum Gasteiger partial charge on any atom is -0.330 e. The summed E-state index contributed by atoms with van der Waals surface area (Å²) in [4.78, 5) is 20.8. The lowest BCUT2D eigenvalue weighted by Gasteiger charge is -2.50. The van der Waals surface area contributed by atoms with Gasteiger partial charge in [-0.15, -0.1) is 0 Å². The molecule has 1 saturated heterocycles. The van der Waals surface area contributed by atoms with Crippen molar-refractivity contribution in [1.82, 2.24) is 24.2 Å². The monoisotopic (exact) mass is 514 g/mol. The third-order valence-corrected chi connectivity index (χ3v) is 7.79. The first kappa shape index (κ1) is 25.9. The first-order valence-corrected chi connectivity index (χ1v) is 13.0. The minimum absolute atomic E-state index is 0.149. The summed E-state index contributed by atoms with van der Waals surface area (Å²) in [6, 6.07) is 21.2. The zero-order chi connectivity index (χ0) is 27.0. The SMILES string of the molecule is Cc1cc(C(=O)N2C[C@H](CN)C(F)C(C)(C)[C@@H]2c2nc(-c3ccccc3)cn2Cc2ccccc2)nn1C. The molecule has 38 heavy (non-hydrogen) atoms. The van der Waals surface area contributed by atoms with Crippen molar-refractivity contribution >= 4 is 5.91 Å². The number of carbonyl (C=O) groups is 1. The van der Waals surface area contributed by atoms with Gasteiger partial charge in [-0.1, -0.05) is 74.5 Å². The number of rotatable bonds is 6.